The van der Waals surface area contributed by atoms with Crippen molar-refractivity contribution in [2.75, 3.05) is 7.11 Å². The molecule has 0 aromatic heterocycles. The first-order valence-corrected chi connectivity index (χ1v) is 6.12. The zero-order valence-corrected chi connectivity index (χ0v) is 11.3. The van der Waals surface area contributed by atoms with E-state index in [1.54, 1.807) is 18.2 Å². The van der Waals surface area contributed by atoms with Crippen LogP contribution in [0.5, 0.6) is 11.5 Å². The van der Waals surface area contributed by atoms with Gasteiger partial charge < -0.3 is 15.3 Å². The first kappa shape index (κ1) is 14.8. The molecule has 0 heterocycles. The van der Waals surface area contributed by atoms with Crippen molar-refractivity contribution in [3.05, 3.63) is 59.2 Å². The minimum atomic E-state index is -0.756. The molecule has 0 bridgehead atoms. The van der Waals surface area contributed by atoms with Gasteiger partial charge in [0, 0.05) is 11.6 Å². The highest BCUT2D eigenvalue weighted by Gasteiger charge is 2.08. The number of hydrogen-bond donors (Lipinski definition) is 1. The Kier molecular flexibility index (Phi) is 4.71. The molecule has 110 valence electrons. The third-order valence-electron chi connectivity index (χ3n) is 2.81. The molecule has 0 radical (unpaired) electrons. The van der Waals surface area contributed by atoms with Gasteiger partial charge in [-0.3, -0.25) is 0 Å². The van der Waals surface area contributed by atoms with E-state index in [4.69, 9.17) is 15.3 Å². The molecule has 2 aromatic rings. The van der Waals surface area contributed by atoms with E-state index in [1.165, 1.54) is 19.4 Å². The maximum atomic E-state index is 13.5. The van der Waals surface area contributed by atoms with Gasteiger partial charge in [0.15, 0.2) is 11.6 Å². The smallest absolute Gasteiger partial charge is 0.167 e. The Balaban J connectivity index is 2.20. The van der Waals surface area contributed by atoms with Crippen LogP contribution in [0.15, 0.2) is 41.5 Å². The van der Waals surface area contributed by atoms with Crippen molar-refractivity contribution in [1.29, 1.82) is 0 Å². The second kappa shape index (κ2) is 6.69. The number of ether oxygens (including phenoxy) is 2. The van der Waals surface area contributed by atoms with Crippen molar-refractivity contribution in [3.8, 4) is 11.5 Å². The number of halogens is 2. The first-order valence-electron chi connectivity index (χ1n) is 6.12. The Morgan fingerprint density at radius 3 is 2.57 bits per heavy atom. The van der Waals surface area contributed by atoms with Crippen LogP contribution in [0.4, 0.5) is 8.78 Å². The van der Waals surface area contributed by atoms with Crippen molar-refractivity contribution in [3.63, 3.8) is 0 Å². The fourth-order valence-electron chi connectivity index (χ4n) is 1.83. The van der Waals surface area contributed by atoms with E-state index in [0.29, 0.717) is 11.3 Å². The monoisotopic (exact) mass is 292 g/mol. The highest BCUT2D eigenvalue weighted by atomic mass is 19.1. The van der Waals surface area contributed by atoms with Gasteiger partial charge in [-0.15, -0.1) is 0 Å². The van der Waals surface area contributed by atoms with Gasteiger partial charge in [-0.2, -0.15) is 5.10 Å². The average Bonchev–Trinajstić information content (AvgIpc) is 2.47. The summed E-state index contributed by atoms with van der Waals surface area (Å²) in [5, 5.41) is 3.44. The SMILES string of the molecule is COc1ccc(C=NN)cc1COc1ccc(F)cc1F. The number of nitrogens with two attached hydrogens (primary N) is 1. The van der Waals surface area contributed by atoms with Gasteiger partial charge >= 0.3 is 0 Å². The Bertz CT molecular complexity index is 660. The van der Waals surface area contributed by atoms with E-state index in [-0.39, 0.29) is 12.4 Å². The van der Waals surface area contributed by atoms with Gasteiger partial charge in [0.1, 0.15) is 18.2 Å². The Labute approximate surface area is 120 Å². The summed E-state index contributed by atoms with van der Waals surface area (Å²) in [5.74, 6) is 4.25. The number of benzene rings is 2. The minimum absolute atomic E-state index is 0.0312. The van der Waals surface area contributed by atoms with Crippen molar-refractivity contribution in [2.45, 2.75) is 6.61 Å². The van der Waals surface area contributed by atoms with Crippen LogP contribution in [-0.2, 0) is 6.61 Å². The van der Waals surface area contributed by atoms with Crippen molar-refractivity contribution in [2.24, 2.45) is 10.9 Å². The van der Waals surface area contributed by atoms with Crippen molar-refractivity contribution >= 4 is 6.21 Å². The maximum absolute atomic E-state index is 13.5. The Morgan fingerprint density at radius 2 is 1.90 bits per heavy atom. The number of nitrogens with zero attached hydrogens (tertiary/aromatic N) is 1. The molecule has 0 aliphatic rings. The molecular weight excluding hydrogens is 278 g/mol. The topological polar surface area (TPSA) is 56.8 Å². The van der Waals surface area contributed by atoms with Crippen molar-refractivity contribution < 1.29 is 18.3 Å². The van der Waals surface area contributed by atoms with Crippen LogP contribution in [0.3, 0.4) is 0 Å². The summed E-state index contributed by atoms with van der Waals surface area (Å²) < 4.78 is 36.9. The van der Waals surface area contributed by atoms with Gasteiger partial charge in [0.25, 0.3) is 0 Å². The zero-order chi connectivity index (χ0) is 15.2. The van der Waals surface area contributed by atoms with Gasteiger partial charge in [-0.05, 0) is 35.9 Å². The second-order valence-corrected chi connectivity index (χ2v) is 4.21. The molecule has 0 aliphatic heterocycles. The summed E-state index contributed by atoms with van der Waals surface area (Å²) in [5.41, 5.74) is 1.45. The lowest BCUT2D eigenvalue weighted by molar-refractivity contribution is 0.282. The zero-order valence-electron chi connectivity index (χ0n) is 11.3. The molecule has 2 rings (SSSR count). The van der Waals surface area contributed by atoms with E-state index < -0.39 is 11.6 Å². The lowest BCUT2D eigenvalue weighted by atomic mass is 10.1. The molecule has 0 amide bonds. The standard InChI is InChI=1S/C15H14F2N2O2/c1-20-14-4-2-10(8-19-18)6-11(14)9-21-15-5-3-12(16)7-13(15)17/h2-8H,9,18H2,1H3. The predicted molar refractivity (Wildman–Crippen MR) is 75.5 cm³/mol. The molecule has 6 heteroatoms. The van der Waals surface area contributed by atoms with Gasteiger partial charge in [0.05, 0.1) is 13.3 Å². The largest absolute Gasteiger partial charge is 0.496 e. The molecule has 4 nitrogen and oxygen atoms in total. The van der Waals surface area contributed by atoms with E-state index in [2.05, 4.69) is 5.10 Å². The fourth-order valence-corrected chi connectivity index (χ4v) is 1.83. The molecule has 0 unspecified atom stereocenters. The molecule has 21 heavy (non-hydrogen) atoms. The predicted octanol–water partition coefficient (Wildman–Crippen LogP) is 2.85. The molecule has 0 saturated heterocycles. The van der Waals surface area contributed by atoms with Crippen LogP contribution in [0.1, 0.15) is 11.1 Å². The summed E-state index contributed by atoms with van der Waals surface area (Å²) in [6.07, 6.45) is 1.47. The van der Waals surface area contributed by atoms with E-state index in [9.17, 15) is 8.78 Å². The summed E-state index contributed by atoms with van der Waals surface area (Å²) in [7, 11) is 1.52. The normalized spacial score (nSPS) is 10.8. The third-order valence-corrected chi connectivity index (χ3v) is 2.81. The van der Waals surface area contributed by atoms with Gasteiger partial charge in [-0.25, -0.2) is 8.78 Å². The second-order valence-electron chi connectivity index (χ2n) is 4.21. The summed E-state index contributed by atoms with van der Waals surface area (Å²) in [6.45, 7) is 0.0674. The van der Waals surface area contributed by atoms with E-state index in [1.807, 2.05) is 0 Å². The fraction of sp³-hybridized carbons (Fsp3) is 0.133. The minimum Gasteiger partial charge on any atom is -0.496 e. The molecule has 0 saturated carbocycles. The first-order chi connectivity index (χ1) is 10.1. The number of methoxy groups -OCH3 is 1. The maximum Gasteiger partial charge on any atom is 0.167 e. The molecular formula is C15H14F2N2O2. The number of rotatable bonds is 5. The number of hydrazone groups is 1. The van der Waals surface area contributed by atoms with Crippen LogP contribution in [0, 0.1) is 11.6 Å². The Morgan fingerprint density at radius 1 is 1.14 bits per heavy atom. The van der Waals surface area contributed by atoms with Crippen LogP contribution in [0.2, 0.25) is 0 Å². The van der Waals surface area contributed by atoms with Crippen molar-refractivity contribution in [1.82, 2.24) is 0 Å². The summed E-state index contributed by atoms with van der Waals surface area (Å²) in [4.78, 5) is 0. The summed E-state index contributed by atoms with van der Waals surface area (Å²) in [6, 6.07) is 8.41. The quantitative estimate of drug-likeness (QED) is 0.524. The lowest BCUT2D eigenvalue weighted by Gasteiger charge is -2.11. The highest BCUT2D eigenvalue weighted by Crippen LogP contribution is 2.23. The number of hydrogen-bond acceptors (Lipinski definition) is 4. The van der Waals surface area contributed by atoms with Crippen LogP contribution in [0.25, 0.3) is 0 Å². The molecule has 0 aliphatic carbocycles. The highest BCUT2D eigenvalue weighted by molar-refractivity contribution is 5.80. The van der Waals surface area contributed by atoms with E-state index in [0.717, 1.165) is 17.7 Å². The van der Waals surface area contributed by atoms with E-state index >= 15 is 0 Å². The van der Waals surface area contributed by atoms with Crippen LogP contribution in [-0.4, -0.2) is 13.3 Å². The lowest BCUT2D eigenvalue weighted by Crippen LogP contribution is -2.01. The molecule has 2 aromatic carbocycles. The van der Waals surface area contributed by atoms with Crippen LogP contribution < -0.4 is 15.3 Å². The van der Waals surface area contributed by atoms with Crippen LogP contribution >= 0.6 is 0 Å². The van der Waals surface area contributed by atoms with Gasteiger partial charge in [0.2, 0.25) is 0 Å². The average molecular weight is 292 g/mol. The summed E-state index contributed by atoms with van der Waals surface area (Å²) >= 11 is 0. The Hall–Kier alpha value is -2.63. The molecule has 0 spiro atoms. The van der Waals surface area contributed by atoms with Gasteiger partial charge in [-0.1, -0.05) is 0 Å². The molecule has 2 N–H and O–H groups in total. The molecule has 0 fully saturated rings. The molecule has 0 atom stereocenters. The third kappa shape index (κ3) is 3.68.